The van der Waals surface area contributed by atoms with Crippen molar-refractivity contribution in [1.29, 1.82) is 0 Å². The van der Waals surface area contributed by atoms with E-state index in [-0.39, 0.29) is 16.3 Å². The quantitative estimate of drug-likeness (QED) is 0.300. The summed E-state index contributed by atoms with van der Waals surface area (Å²) in [6.45, 7) is 0. The van der Waals surface area contributed by atoms with Crippen LogP contribution in [0.1, 0.15) is 15.9 Å². The number of benzene rings is 2. The summed E-state index contributed by atoms with van der Waals surface area (Å²) < 4.78 is 5.18. The van der Waals surface area contributed by atoms with E-state index in [2.05, 4.69) is 10.2 Å². The van der Waals surface area contributed by atoms with Gasteiger partial charge in [-0.05, 0) is 36.4 Å². The van der Waals surface area contributed by atoms with Crippen molar-refractivity contribution >= 4 is 23.2 Å². The Kier molecular flexibility index (Phi) is 4.57. The van der Waals surface area contributed by atoms with Gasteiger partial charge in [-0.2, -0.15) is 0 Å². The first-order valence-corrected chi connectivity index (χ1v) is 6.23. The fourth-order valence-electron chi connectivity index (χ4n) is 1.60. The molecule has 0 aliphatic carbocycles. The molecule has 0 saturated heterocycles. The second-order valence-corrected chi connectivity index (χ2v) is 4.38. The van der Waals surface area contributed by atoms with E-state index in [0.29, 0.717) is 11.3 Å². The van der Waals surface area contributed by atoms with Gasteiger partial charge in [0.1, 0.15) is 16.3 Å². The number of hydrogen-bond donors (Lipinski definition) is 1. The number of nitrogens with two attached hydrogens (primary N) is 1. The van der Waals surface area contributed by atoms with Gasteiger partial charge in [0, 0.05) is 5.56 Å². The van der Waals surface area contributed by atoms with Crippen LogP contribution in [0.3, 0.4) is 0 Å². The maximum Gasteiger partial charge on any atom is 0.347 e. The molecule has 0 heterocycles. The molecule has 2 N–H and O–H groups in total. The minimum absolute atomic E-state index is 0.0252. The summed E-state index contributed by atoms with van der Waals surface area (Å²) >= 11 is 4.83. The fourth-order valence-corrected chi connectivity index (χ4v) is 1.74. The second-order valence-electron chi connectivity index (χ2n) is 3.94. The maximum absolute atomic E-state index is 12.0. The number of nitrogens with zero attached hydrogens (tertiary/aromatic N) is 1. The molecule has 0 bridgehead atoms. The molecule has 2 rings (SSSR count). The van der Waals surface area contributed by atoms with Crippen LogP contribution in [-0.4, -0.2) is 11.0 Å². The van der Waals surface area contributed by atoms with Crippen molar-refractivity contribution in [2.75, 3.05) is 0 Å². The standard InChI is InChI=1S/C14H10N2O4S/c15-13(21)9-5-7-10(8-6-9)19-14(17)11-3-1-2-4-12(11)20-16-18/h1-8H,(H2,15,21). The molecule has 2 aromatic rings. The van der Waals surface area contributed by atoms with E-state index in [0.717, 1.165) is 0 Å². The SMILES string of the molecule is NC(=S)c1ccc(OC(=O)c2ccccc2ON=O)cc1. The smallest absolute Gasteiger partial charge is 0.347 e. The number of carbonyl (C=O) groups is 1. The van der Waals surface area contributed by atoms with E-state index in [4.69, 9.17) is 22.7 Å². The Morgan fingerprint density at radius 3 is 2.38 bits per heavy atom. The third-order valence-corrected chi connectivity index (χ3v) is 2.83. The number of carbonyl (C=O) groups excluding carboxylic acids is 1. The van der Waals surface area contributed by atoms with Gasteiger partial charge in [-0.1, -0.05) is 24.4 Å². The Morgan fingerprint density at radius 1 is 1.10 bits per heavy atom. The highest BCUT2D eigenvalue weighted by atomic mass is 32.1. The van der Waals surface area contributed by atoms with Crippen molar-refractivity contribution < 1.29 is 14.4 Å². The highest BCUT2D eigenvalue weighted by molar-refractivity contribution is 7.80. The van der Waals surface area contributed by atoms with Gasteiger partial charge < -0.3 is 15.3 Å². The molecule has 0 fully saturated rings. The molecule has 2 aromatic carbocycles. The van der Waals surface area contributed by atoms with Gasteiger partial charge in [-0.25, -0.2) is 4.79 Å². The molecule has 0 unspecified atom stereocenters. The molecule has 0 aromatic heterocycles. The summed E-state index contributed by atoms with van der Waals surface area (Å²) in [5.74, 6) is -0.330. The van der Waals surface area contributed by atoms with E-state index in [1.807, 2.05) is 0 Å². The molecule has 7 heteroatoms. The number of ether oxygens (including phenoxy) is 1. The molecule has 106 valence electrons. The Bertz CT molecular complexity index is 686. The van der Waals surface area contributed by atoms with Gasteiger partial charge in [0.2, 0.25) is 0 Å². The summed E-state index contributed by atoms with van der Waals surface area (Å²) in [6, 6.07) is 12.5. The number of hydrogen-bond acceptors (Lipinski definition) is 6. The predicted octanol–water partition coefficient (Wildman–Crippen LogP) is 2.60. The van der Waals surface area contributed by atoms with Crippen molar-refractivity contribution in [1.82, 2.24) is 0 Å². The first kappa shape index (κ1) is 14.6. The zero-order valence-electron chi connectivity index (χ0n) is 10.7. The third kappa shape index (κ3) is 3.61. The molecule has 0 saturated carbocycles. The summed E-state index contributed by atoms with van der Waals surface area (Å²) in [6.07, 6.45) is 0. The number of rotatable bonds is 5. The van der Waals surface area contributed by atoms with Crippen LogP contribution < -0.4 is 15.3 Å². The second kappa shape index (κ2) is 6.58. The third-order valence-electron chi connectivity index (χ3n) is 2.59. The van der Waals surface area contributed by atoms with Gasteiger partial charge in [0.25, 0.3) is 0 Å². The van der Waals surface area contributed by atoms with Crippen molar-refractivity contribution in [3.63, 3.8) is 0 Å². The van der Waals surface area contributed by atoms with E-state index >= 15 is 0 Å². The zero-order valence-corrected chi connectivity index (χ0v) is 11.5. The van der Waals surface area contributed by atoms with Crippen molar-refractivity contribution in [2.45, 2.75) is 0 Å². The first-order valence-electron chi connectivity index (χ1n) is 5.82. The highest BCUT2D eigenvalue weighted by Crippen LogP contribution is 2.21. The first-order chi connectivity index (χ1) is 10.1. The minimum atomic E-state index is -0.669. The lowest BCUT2D eigenvalue weighted by atomic mass is 10.2. The van der Waals surface area contributed by atoms with Gasteiger partial charge in [-0.3, -0.25) is 0 Å². The van der Waals surface area contributed by atoms with Crippen LogP contribution in [0.15, 0.2) is 53.9 Å². The van der Waals surface area contributed by atoms with Crippen LogP contribution in [0.4, 0.5) is 0 Å². The molecular formula is C14H10N2O4S. The minimum Gasteiger partial charge on any atom is -0.423 e. The average molecular weight is 302 g/mol. The van der Waals surface area contributed by atoms with E-state index < -0.39 is 5.97 Å². The van der Waals surface area contributed by atoms with Crippen LogP contribution in [0.2, 0.25) is 0 Å². The molecule has 0 atom stereocenters. The van der Waals surface area contributed by atoms with Crippen LogP contribution in [0.5, 0.6) is 11.5 Å². The van der Waals surface area contributed by atoms with Crippen LogP contribution in [0, 0.1) is 4.91 Å². The summed E-state index contributed by atoms with van der Waals surface area (Å²) in [7, 11) is 0. The molecular weight excluding hydrogens is 292 g/mol. The summed E-state index contributed by atoms with van der Waals surface area (Å²) in [5, 5.41) is 2.30. The number of thiocarbonyl (C=S) groups is 1. The molecule has 0 aliphatic rings. The number of esters is 1. The van der Waals surface area contributed by atoms with Crippen LogP contribution >= 0.6 is 12.2 Å². The van der Waals surface area contributed by atoms with Crippen molar-refractivity contribution in [3.05, 3.63) is 64.6 Å². The Morgan fingerprint density at radius 2 is 1.76 bits per heavy atom. The summed E-state index contributed by atoms with van der Waals surface area (Å²) in [4.78, 5) is 26.9. The lowest BCUT2D eigenvalue weighted by Gasteiger charge is -2.07. The molecule has 0 radical (unpaired) electrons. The van der Waals surface area contributed by atoms with E-state index in [1.54, 1.807) is 36.4 Å². The topological polar surface area (TPSA) is 91.0 Å². The lowest BCUT2D eigenvalue weighted by Crippen LogP contribution is -2.11. The molecule has 0 aliphatic heterocycles. The zero-order chi connectivity index (χ0) is 15.2. The van der Waals surface area contributed by atoms with Gasteiger partial charge in [0.15, 0.2) is 11.1 Å². The maximum atomic E-state index is 12.0. The lowest BCUT2D eigenvalue weighted by molar-refractivity contribution is 0.0730. The predicted molar refractivity (Wildman–Crippen MR) is 80.2 cm³/mol. The van der Waals surface area contributed by atoms with Crippen molar-refractivity contribution in [2.24, 2.45) is 11.1 Å². The molecule has 0 spiro atoms. The van der Waals surface area contributed by atoms with E-state index in [9.17, 15) is 9.70 Å². The van der Waals surface area contributed by atoms with Gasteiger partial charge in [0.05, 0.1) is 0 Å². The number of para-hydroxylation sites is 1. The van der Waals surface area contributed by atoms with Crippen LogP contribution in [-0.2, 0) is 0 Å². The highest BCUT2D eigenvalue weighted by Gasteiger charge is 2.15. The largest absolute Gasteiger partial charge is 0.423 e. The van der Waals surface area contributed by atoms with Gasteiger partial charge in [-0.15, -0.1) is 4.91 Å². The van der Waals surface area contributed by atoms with Crippen LogP contribution in [0.25, 0.3) is 0 Å². The Labute approximate surface area is 125 Å². The normalized spacial score (nSPS) is 9.71. The summed E-state index contributed by atoms with van der Waals surface area (Å²) in [5.41, 5.74) is 6.24. The monoisotopic (exact) mass is 302 g/mol. The molecule has 0 amide bonds. The van der Waals surface area contributed by atoms with Crippen molar-refractivity contribution in [3.8, 4) is 11.5 Å². The van der Waals surface area contributed by atoms with Gasteiger partial charge >= 0.3 is 5.97 Å². The Hall–Kier alpha value is -2.80. The Balaban J connectivity index is 2.18. The van der Waals surface area contributed by atoms with E-state index in [1.165, 1.54) is 12.1 Å². The molecule has 6 nitrogen and oxygen atoms in total. The average Bonchev–Trinajstić information content (AvgIpc) is 2.48. The molecule has 21 heavy (non-hydrogen) atoms. The fraction of sp³-hybridized carbons (Fsp3) is 0.